The molecule has 0 aliphatic carbocycles. The van der Waals surface area contributed by atoms with Gasteiger partial charge < -0.3 is 20.5 Å². The lowest BCUT2D eigenvalue weighted by molar-refractivity contribution is 0.199. The van der Waals surface area contributed by atoms with Crippen LogP contribution in [0, 0.1) is 5.82 Å². The summed E-state index contributed by atoms with van der Waals surface area (Å²) in [6.45, 7) is 3.82. The van der Waals surface area contributed by atoms with Crippen LogP contribution in [0.4, 0.5) is 9.18 Å². The molecule has 3 N–H and O–H groups in total. The largest absolute Gasteiger partial charge is 0.486 e. The molecule has 0 saturated heterocycles. The summed E-state index contributed by atoms with van der Waals surface area (Å²) in [6, 6.07) is 5.68. The third-order valence-corrected chi connectivity index (χ3v) is 2.65. The molecule has 0 fully saturated rings. The highest BCUT2D eigenvalue weighted by molar-refractivity contribution is 5.74. The van der Waals surface area contributed by atoms with E-state index >= 15 is 0 Å². The molecule has 0 heterocycles. The van der Waals surface area contributed by atoms with Crippen LogP contribution in [0.1, 0.15) is 20.3 Å². The fourth-order valence-electron chi connectivity index (χ4n) is 1.58. The molecule has 2 atom stereocenters. The number of halogens is 1. The number of para-hydroxylation sites is 1. The maximum Gasteiger partial charge on any atom is 0.315 e. The highest BCUT2D eigenvalue weighted by Gasteiger charge is 2.10. The summed E-state index contributed by atoms with van der Waals surface area (Å²) in [5.41, 5.74) is 0. The zero-order chi connectivity index (χ0) is 15.0. The van der Waals surface area contributed by atoms with Gasteiger partial charge in [-0.25, -0.2) is 9.18 Å². The van der Waals surface area contributed by atoms with E-state index < -0.39 is 5.82 Å². The van der Waals surface area contributed by atoms with Crippen molar-refractivity contribution in [2.45, 2.75) is 32.4 Å². The number of hydrogen-bond acceptors (Lipinski definition) is 3. The summed E-state index contributed by atoms with van der Waals surface area (Å²) in [5, 5.41) is 14.0. The Morgan fingerprint density at radius 1 is 1.40 bits per heavy atom. The molecule has 1 unspecified atom stereocenters. The van der Waals surface area contributed by atoms with Gasteiger partial charge in [0.25, 0.3) is 0 Å². The predicted octanol–water partition coefficient (Wildman–Crippen LogP) is 1.66. The molecule has 0 spiro atoms. The zero-order valence-electron chi connectivity index (χ0n) is 11.7. The summed E-state index contributed by atoms with van der Waals surface area (Å²) < 4.78 is 18.7. The van der Waals surface area contributed by atoms with Crippen LogP contribution < -0.4 is 15.4 Å². The Bertz CT molecular complexity index is 429. The van der Waals surface area contributed by atoms with Crippen molar-refractivity contribution in [3.8, 4) is 5.75 Å². The molecule has 1 rings (SSSR count). The molecular formula is C14H21FN2O3. The summed E-state index contributed by atoms with van der Waals surface area (Å²) in [7, 11) is 0. The Morgan fingerprint density at radius 2 is 2.10 bits per heavy atom. The second kappa shape index (κ2) is 8.37. The van der Waals surface area contributed by atoms with Gasteiger partial charge >= 0.3 is 6.03 Å². The number of carbonyl (C=O) groups is 1. The van der Waals surface area contributed by atoms with Crippen LogP contribution in [-0.4, -0.2) is 36.4 Å². The van der Waals surface area contributed by atoms with Crippen molar-refractivity contribution in [3.63, 3.8) is 0 Å². The van der Waals surface area contributed by atoms with Gasteiger partial charge in [0.1, 0.15) is 6.10 Å². The Balaban J connectivity index is 2.31. The third kappa shape index (κ3) is 5.88. The molecule has 0 aliphatic rings. The van der Waals surface area contributed by atoms with E-state index in [-0.39, 0.29) is 37.1 Å². The summed E-state index contributed by atoms with van der Waals surface area (Å²) in [4.78, 5) is 11.5. The Kier molecular flexibility index (Phi) is 6.79. The van der Waals surface area contributed by atoms with Gasteiger partial charge in [0.15, 0.2) is 11.6 Å². The van der Waals surface area contributed by atoms with E-state index in [9.17, 15) is 9.18 Å². The maximum atomic E-state index is 13.4. The van der Waals surface area contributed by atoms with E-state index in [1.54, 1.807) is 26.0 Å². The van der Waals surface area contributed by atoms with Crippen molar-refractivity contribution in [2.75, 3.05) is 13.2 Å². The van der Waals surface area contributed by atoms with Gasteiger partial charge in [-0.3, -0.25) is 0 Å². The number of ether oxygens (including phenoxy) is 1. The van der Waals surface area contributed by atoms with Gasteiger partial charge in [-0.05, 0) is 32.4 Å². The van der Waals surface area contributed by atoms with E-state index in [4.69, 9.17) is 9.84 Å². The SMILES string of the molecule is CC(CNC(=O)N[C@H](C)CCO)Oc1ccccc1F. The maximum absolute atomic E-state index is 13.4. The highest BCUT2D eigenvalue weighted by atomic mass is 19.1. The smallest absolute Gasteiger partial charge is 0.315 e. The van der Waals surface area contributed by atoms with Crippen LogP contribution in [0.5, 0.6) is 5.75 Å². The molecule has 0 aliphatic heterocycles. The highest BCUT2D eigenvalue weighted by Crippen LogP contribution is 2.16. The Labute approximate surface area is 118 Å². The molecule has 0 radical (unpaired) electrons. The number of aliphatic hydroxyl groups excluding tert-OH is 1. The van der Waals surface area contributed by atoms with Gasteiger partial charge in [-0.2, -0.15) is 0 Å². The summed E-state index contributed by atoms with van der Waals surface area (Å²) in [5.74, 6) is -0.267. The number of amides is 2. The fraction of sp³-hybridized carbons (Fsp3) is 0.500. The van der Waals surface area contributed by atoms with E-state index in [1.165, 1.54) is 12.1 Å². The topological polar surface area (TPSA) is 70.6 Å². The molecule has 1 aromatic carbocycles. The lowest BCUT2D eigenvalue weighted by Crippen LogP contribution is -2.44. The molecule has 0 aromatic heterocycles. The lowest BCUT2D eigenvalue weighted by atomic mass is 10.2. The van der Waals surface area contributed by atoms with Crippen molar-refractivity contribution < 1.29 is 19.0 Å². The van der Waals surface area contributed by atoms with Crippen LogP contribution in [0.25, 0.3) is 0 Å². The van der Waals surface area contributed by atoms with Crippen molar-refractivity contribution in [2.24, 2.45) is 0 Å². The number of aliphatic hydroxyl groups is 1. The third-order valence-electron chi connectivity index (χ3n) is 2.65. The van der Waals surface area contributed by atoms with E-state index in [1.807, 2.05) is 0 Å². The van der Waals surface area contributed by atoms with Crippen molar-refractivity contribution in [1.29, 1.82) is 0 Å². The molecule has 1 aromatic rings. The second-order valence-corrected chi connectivity index (χ2v) is 4.63. The number of carbonyl (C=O) groups excluding carboxylic acids is 1. The van der Waals surface area contributed by atoms with E-state index in [2.05, 4.69) is 10.6 Å². The van der Waals surface area contributed by atoms with Crippen LogP contribution in [0.15, 0.2) is 24.3 Å². The minimum atomic E-state index is -0.430. The van der Waals surface area contributed by atoms with Gasteiger partial charge in [-0.1, -0.05) is 12.1 Å². The van der Waals surface area contributed by atoms with Crippen LogP contribution in [0.3, 0.4) is 0 Å². The average molecular weight is 284 g/mol. The molecule has 0 saturated carbocycles. The lowest BCUT2D eigenvalue weighted by Gasteiger charge is -2.17. The summed E-state index contributed by atoms with van der Waals surface area (Å²) >= 11 is 0. The number of urea groups is 1. The Morgan fingerprint density at radius 3 is 2.75 bits per heavy atom. The zero-order valence-corrected chi connectivity index (χ0v) is 11.7. The standard InChI is InChI=1S/C14H21FN2O3/c1-10(7-8-18)17-14(19)16-9-11(2)20-13-6-4-3-5-12(13)15/h3-6,10-11,18H,7-9H2,1-2H3,(H2,16,17,19)/t10-,11?/m1/s1. The van der Waals surface area contributed by atoms with Crippen molar-refractivity contribution in [1.82, 2.24) is 10.6 Å². The summed E-state index contributed by atoms with van der Waals surface area (Å²) in [6.07, 6.45) is 0.139. The first-order chi connectivity index (χ1) is 9.52. The Hall–Kier alpha value is -1.82. The molecule has 5 nitrogen and oxygen atoms in total. The van der Waals surface area contributed by atoms with E-state index in [0.717, 1.165) is 0 Å². The second-order valence-electron chi connectivity index (χ2n) is 4.63. The van der Waals surface area contributed by atoms with Crippen LogP contribution in [0.2, 0.25) is 0 Å². The minimum Gasteiger partial charge on any atom is -0.486 e. The average Bonchev–Trinajstić information content (AvgIpc) is 2.39. The first kappa shape index (κ1) is 16.2. The van der Waals surface area contributed by atoms with Crippen molar-refractivity contribution >= 4 is 6.03 Å². The van der Waals surface area contributed by atoms with Gasteiger partial charge in [0, 0.05) is 12.6 Å². The van der Waals surface area contributed by atoms with Gasteiger partial charge in [0.2, 0.25) is 0 Å². The van der Waals surface area contributed by atoms with Crippen LogP contribution in [-0.2, 0) is 0 Å². The minimum absolute atomic E-state index is 0.0221. The first-order valence-electron chi connectivity index (χ1n) is 6.59. The molecule has 2 amide bonds. The van der Waals surface area contributed by atoms with Crippen molar-refractivity contribution in [3.05, 3.63) is 30.1 Å². The number of nitrogens with one attached hydrogen (secondary N) is 2. The van der Waals surface area contributed by atoms with Gasteiger partial charge in [-0.15, -0.1) is 0 Å². The molecule has 20 heavy (non-hydrogen) atoms. The van der Waals surface area contributed by atoms with E-state index in [0.29, 0.717) is 6.42 Å². The molecule has 112 valence electrons. The monoisotopic (exact) mass is 284 g/mol. The normalized spacial score (nSPS) is 13.4. The number of rotatable bonds is 7. The molecule has 6 heteroatoms. The fourth-order valence-corrected chi connectivity index (χ4v) is 1.58. The first-order valence-corrected chi connectivity index (χ1v) is 6.59. The van der Waals surface area contributed by atoms with Crippen LogP contribution >= 0.6 is 0 Å². The van der Waals surface area contributed by atoms with Gasteiger partial charge in [0.05, 0.1) is 6.54 Å². The quantitative estimate of drug-likeness (QED) is 0.713. The number of benzene rings is 1. The molecular weight excluding hydrogens is 263 g/mol. The predicted molar refractivity (Wildman–Crippen MR) is 74.2 cm³/mol. The number of hydrogen-bond donors (Lipinski definition) is 3. The molecule has 0 bridgehead atoms.